The molecule has 4 heteroatoms. The summed E-state index contributed by atoms with van der Waals surface area (Å²) in [6.07, 6.45) is 4.30. The monoisotopic (exact) mass is 334 g/mol. The fourth-order valence-corrected chi connectivity index (χ4v) is 2.89. The van der Waals surface area contributed by atoms with Crippen LogP contribution in [0, 0.1) is 6.92 Å². The maximum Gasteiger partial charge on any atom is 0.226 e. The minimum absolute atomic E-state index is 0.0178. The van der Waals surface area contributed by atoms with Gasteiger partial charge < -0.3 is 14.6 Å². The number of para-hydroxylation sites is 1. The van der Waals surface area contributed by atoms with Crippen LogP contribution in [0.3, 0.4) is 0 Å². The smallest absolute Gasteiger partial charge is 0.226 e. The van der Waals surface area contributed by atoms with Crippen LogP contribution in [0.5, 0.6) is 5.75 Å². The Morgan fingerprint density at radius 3 is 2.56 bits per heavy atom. The van der Waals surface area contributed by atoms with Gasteiger partial charge in [-0.3, -0.25) is 4.79 Å². The van der Waals surface area contributed by atoms with Crippen molar-refractivity contribution in [2.75, 3.05) is 12.4 Å². The summed E-state index contributed by atoms with van der Waals surface area (Å²) in [5.74, 6) is 0.768. The van der Waals surface area contributed by atoms with Gasteiger partial charge in [-0.15, -0.1) is 0 Å². The van der Waals surface area contributed by atoms with E-state index < -0.39 is 0 Å². The zero-order valence-corrected chi connectivity index (χ0v) is 14.5. The first kappa shape index (κ1) is 16.8. The number of benzene rings is 2. The highest BCUT2D eigenvalue weighted by Crippen LogP contribution is 2.26. The lowest BCUT2D eigenvalue weighted by Crippen LogP contribution is -2.20. The minimum Gasteiger partial charge on any atom is -0.497 e. The molecule has 3 aromatic rings. The molecule has 4 nitrogen and oxygen atoms in total. The summed E-state index contributed by atoms with van der Waals surface area (Å²) in [6, 6.07) is 19.5. The van der Waals surface area contributed by atoms with E-state index in [-0.39, 0.29) is 11.9 Å². The fourth-order valence-electron chi connectivity index (χ4n) is 2.89. The van der Waals surface area contributed by atoms with Crippen molar-refractivity contribution < 1.29 is 9.53 Å². The summed E-state index contributed by atoms with van der Waals surface area (Å²) in [7, 11) is 1.65. The van der Waals surface area contributed by atoms with E-state index in [0.717, 1.165) is 22.6 Å². The number of aryl methyl sites for hydroxylation is 1. The first-order valence-corrected chi connectivity index (χ1v) is 8.29. The highest BCUT2D eigenvalue weighted by molar-refractivity contribution is 5.92. The molecule has 1 heterocycles. The molecule has 1 N–H and O–H groups in total. The quantitative estimate of drug-likeness (QED) is 0.725. The number of carbonyl (C=O) groups excluding carboxylic acids is 1. The second-order valence-corrected chi connectivity index (χ2v) is 5.99. The van der Waals surface area contributed by atoms with Crippen molar-refractivity contribution in [1.29, 1.82) is 0 Å². The Kier molecular flexibility index (Phi) is 5.19. The van der Waals surface area contributed by atoms with Crippen LogP contribution in [-0.2, 0) is 4.79 Å². The molecule has 0 fully saturated rings. The third-order valence-electron chi connectivity index (χ3n) is 4.26. The molecule has 128 valence electrons. The summed E-state index contributed by atoms with van der Waals surface area (Å²) >= 11 is 0. The van der Waals surface area contributed by atoms with Gasteiger partial charge in [0.25, 0.3) is 0 Å². The van der Waals surface area contributed by atoms with Crippen molar-refractivity contribution in [3.05, 3.63) is 84.2 Å². The van der Waals surface area contributed by atoms with Gasteiger partial charge in [0.05, 0.1) is 19.6 Å². The standard InChI is InChI=1S/C21H22N2O2/c1-16-8-3-4-11-19(16)22-21(24)15-20(23-12-5-6-13-23)17-9-7-10-18(14-17)25-2/h3-14,20H,15H2,1-2H3,(H,22,24)/t20-/m0/s1. The average molecular weight is 334 g/mol. The molecule has 0 bridgehead atoms. The molecule has 0 saturated carbocycles. The second-order valence-electron chi connectivity index (χ2n) is 5.99. The number of anilines is 1. The largest absolute Gasteiger partial charge is 0.497 e. The van der Waals surface area contributed by atoms with Gasteiger partial charge in [-0.25, -0.2) is 0 Å². The van der Waals surface area contributed by atoms with E-state index in [9.17, 15) is 4.79 Å². The van der Waals surface area contributed by atoms with Gasteiger partial charge in [0, 0.05) is 18.1 Å². The van der Waals surface area contributed by atoms with Crippen LogP contribution in [-0.4, -0.2) is 17.6 Å². The number of methoxy groups -OCH3 is 1. The topological polar surface area (TPSA) is 43.3 Å². The van der Waals surface area contributed by atoms with Crippen molar-refractivity contribution in [2.24, 2.45) is 0 Å². The van der Waals surface area contributed by atoms with E-state index in [1.54, 1.807) is 7.11 Å². The maximum absolute atomic E-state index is 12.6. The molecule has 0 aliphatic rings. The summed E-state index contributed by atoms with van der Waals surface area (Å²) in [6.45, 7) is 1.99. The Labute approximate surface area is 148 Å². The molecule has 0 aliphatic heterocycles. The van der Waals surface area contributed by atoms with E-state index in [2.05, 4.69) is 5.32 Å². The van der Waals surface area contributed by atoms with Crippen LogP contribution < -0.4 is 10.1 Å². The highest BCUT2D eigenvalue weighted by Gasteiger charge is 2.18. The maximum atomic E-state index is 12.6. The summed E-state index contributed by atoms with van der Waals surface area (Å²) in [5, 5.41) is 3.02. The first-order valence-electron chi connectivity index (χ1n) is 8.29. The number of amides is 1. The predicted octanol–water partition coefficient (Wildman–Crippen LogP) is 4.42. The van der Waals surface area contributed by atoms with Crippen molar-refractivity contribution in [1.82, 2.24) is 4.57 Å². The number of aromatic nitrogens is 1. The van der Waals surface area contributed by atoms with Crippen molar-refractivity contribution in [3.63, 3.8) is 0 Å². The third-order valence-corrected chi connectivity index (χ3v) is 4.26. The molecular weight excluding hydrogens is 312 g/mol. The van der Waals surface area contributed by atoms with Crippen LogP contribution in [0.1, 0.15) is 23.6 Å². The van der Waals surface area contributed by atoms with Crippen LogP contribution >= 0.6 is 0 Å². The van der Waals surface area contributed by atoms with Gasteiger partial charge in [-0.05, 0) is 48.4 Å². The Hall–Kier alpha value is -3.01. The van der Waals surface area contributed by atoms with Crippen molar-refractivity contribution in [3.8, 4) is 5.75 Å². The molecular formula is C21H22N2O2. The molecule has 0 unspecified atom stereocenters. The molecule has 1 aromatic heterocycles. The van der Waals surface area contributed by atoms with Crippen molar-refractivity contribution >= 4 is 11.6 Å². The summed E-state index contributed by atoms with van der Waals surface area (Å²) in [5.41, 5.74) is 2.94. The zero-order chi connectivity index (χ0) is 17.6. The molecule has 0 radical (unpaired) electrons. The van der Waals surface area contributed by atoms with E-state index in [1.807, 2.05) is 84.5 Å². The zero-order valence-electron chi connectivity index (χ0n) is 14.5. The minimum atomic E-state index is -0.0888. The Morgan fingerprint density at radius 1 is 1.08 bits per heavy atom. The Balaban J connectivity index is 1.83. The number of ether oxygens (including phenoxy) is 1. The number of hydrogen-bond donors (Lipinski definition) is 1. The van der Waals surface area contributed by atoms with Crippen LogP contribution in [0.15, 0.2) is 73.1 Å². The number of carbonyl (C=O) groups is 1. The Morgan fingerprint density at radius 2 is 1.84 bits per heavy atom. The van der Waals surface area contributed by atoms with Crippen LogP contribution in [0.4, 0.5) is 5.69 Å². The SMILES string of the molecule is COc1cccc([C@H](CC(=O)Nc2ccccc2C)n2cccc2)c1. The van der Waals surface area contributed by atoms with E-state index in [4.69, 9.17) is 4.74 Å². The first-order chi connectivity index (χ1) is 12.2. The molecule has 25 heavy (non-hydrogen) atoms. The Bertz CT molecular complexity index is 841. The number of nitrogens with zero attached hydrogens (tertiary/aromatic N) is 1. The molecule has 3 rings (SSSR count). The molecule has 1 amide bonds. The third kappa shape index (κ3) is 4.10. The molecule has 0 aliphatic carbocycles. The fraction of sp³-hybridized carbons (Fsp3) is 0.190. The number of rotatable bonds is 6. The lowest BCUT2D eigenvalue weighted by Gasteiger charge is -2.20. The molecule has 2 aromatic carbocycles. The van der Waals surface area contributed by atoms with Gasteiger partial charge in [0.2, 0.25) is 5.91 Å². The van der Waals surface area contributed by atoms with E-state index >= 15 is 0 Å². The van der Waals surface area contributed by atoms with Gasteiger partial charge in [0.15, 0.2) is 0 Å². The lowest BCUT2D eigenvalue weighted by atomic mass is 10.0. The normalized spacial score (nSPS) is 11.8. The summed E-state index contributed by atoms with van der Waals surface area (Å²) in [4.78, 5) is 12.6. The van der Waals surface area contributed by atoms with Gasteiger partial charge >= 0.3 is 0 Å². The van der Waals surface area contributed by atoms with Gasteiger partial charge in [-0.2, -0.15) is 0 Å². The van der Waals surface area contributed by atoms with Gasteiger partial charge in [-0.1, -0.05) is 30.3 Å². The number of nitrogens with one attached hydrogen (secondary N) is 1. The lowest BCUT2D eigenvalue weighted by molar-refractivity contribution is -0.116. The van der Waals surface area contributed by atoms with Crippen LogP contribution in [0.25, 0.3) is 0 Å². The average Bonchev–Trinajstić information content (AvgIpc) is 3.16. The van der Waals surface area contributed by atoms with E-state index in [1.165, 1.54) is 0 Å². The van der Waals surface area contributed by atoms with Crippen molar-refractivity contribution in [2.45, 2.75) is 19.4 Å². The predicted molar refractivity (Wildman–Crippen MR) is 100.0 cm³/mol. The second kappa shape index (κ2) is 7.71. The van der Waals surface area contributed by atoms with E-state index in [0.29, 0.717) is 6.42 Å². The highest BCUT2D eigenvalue weighted by atomic mass is 16.5. The molecule has 0 saturated heterocycles. The van der Waals surface area contributed by atoms with Gasteiger partial charge in [0.1, 0.15) is 5.75 Å². The molecule has 1 atom stereocenters. The van der Waals surface area contributed by atoms with Crippen LogP contribution in [0.2, 0.25) is 0 Å². The molecule has 0 spiro atoms. The summed E-state index contributed by atoms with van der Waals surface area (Å²) < 4.78 is 7.38. The number of hydrogen-bond acceptors (Lipinski definition) is 2.